The van der Waals surface area contributed by atoms with E-state index in [4.69, 9.17) is 4.74 Å². The Balaban J connectivity index is 1.57. The number of nitrogens with one attached hydrogen (secondary N) is 2. The third kappa shape index (κ3) is 4.53. The highest BCUT2D eigenvalue weighted by Crippen LogP contribution is 2.25. The number of rotatable bonds is 5. The van der Waals surface area contributed by atoms with E-state index in [1.807, 2.05) is 12.1 Å². The van der Waals surface area contributed by atoms with Gasteiger partial charge in [0.05, 0.1) is 11.5 Å². The summed E-state index contributed by atoms with van der Waals surface area (Å²) in [4.78, 5) is 0.390. The topological polar surface area (TPSA) is 67.4 Å². The fourth-order valence-corrected chi connectivity index (χ4v) is 4.05. The predicted molar refractivity (Wildman–Crippen MR) is 90.5 cm³/mol. The molecule has 3 rings (SSSR count). The molecule has 2 fully saturated rings. The summed E-state index contributed by atoms with van der Waals surface area (Å²) < 4.78 is 28.5. The first-order valence-corrected chi connectivity index (χ1v) is 10.2. The van der Waals surface area contributed by atoms with Crippen molar-refractivity contribution < 1.29 is 13.2 Å². The van der Waals surface area contributed by atoms with Crippen molar-refractivity contribution in [2.45, 2.75) is 29.7 Å². The molecule has 1 aromatic rings. The lowest BCUT2D eigenvalue weighted by Gasteiger charge is -2.31. The zero-order valence-electron chi connectivity index (χ0n) is 13.6. The van der Waals surface area contributed by atoms with Crippen LogP contribution in [0.4, 0.5) is 0 Å². The van der Waals surface area contributed by atoms with Crippen molar-refractivity contribution in [3.05, 3.63) is 29.8 Å². The van der Waals surface area contributed by atoms with Gasteiger partial charge in [-0.25, -0.2) is 8.42 Å². The Bertz CT molecular complexity index is 609. The zero-order chi connectivity index (χ0) is 16.3. The van der Waals surface area contributed by atoms with E-state index >= 15 is 0 Å². The van der Waals surface area contributed by atoms with Gasteiger partial charge in [-0.05, 0) is 42.4 Å². The van der Waals surface area contributed by atoms with Gasteiger partial charge in [-0.15, -0.1) is 0 Å². The largest absolute Gasteiger partial charge is 0.381 e. The summed E-state index contributed by atoms with van der Waals surface area (Å²) in [5, 5.41) is 7.15. The fourth-order valence-electron chi connectivity index (χ4n) is 3.42. The highest BCUT2D eigenvalue weighted by Gasteiger charge is 2.24. The van der Waals surface area contributed by atoms with Crippen LogP contribution < -0.4 is 10.6 Å². The quantitative estimate of drug-likeness (QED) is 0.843. The van der Waals surface area contributed by atoms with Crippen molar-refractivity contribution in [1.82, 2.24) is 10.6 Å². The van der Waals surface area contributed by atoms with E-state index in [1.54, 1.807) is 12.1 Å². The molecule has 0 amide bonds. The van der Waals surface area contributed by atoms with Crippen LogP contribution in [0.1, 0.15) is 24.3 Å². The molecule has 2 aliphatic heterocycles. The minimum atomic E-state index is -3.12. The molecule has 5 nitrogen and oxygen atoms in total. The second-order valence-electron chi connectivity index (χ2n) is 6.77. The zero-order valence-corrected chi connectivity index (χ0v) is 14.4. The van der Waals surface area contributed by atoms with E-state index in [2.05, 4.69) is 10.6 Å². The summed E-state index contributed by atoms with van der Waals surface area (Å²) in [7, 11) is -3.12. The maximum Gasteiger partial charge on any atom is 0.175 e. The number of benzene rings is 1. The van der Waals surface area contributed by atoms with E-state index in [9.17, 15) is 8.42 Å². The van der Waals surface area contributed by atoms with Crippen molar-refractivity contribution in [1.29, 1.82) is 0 Å². The second-order valence-corrected chi connectivity index (χ2v) is 8.78. The number of sulfone groups is 1. The molecule has 2 N–H and O–H groups in total. The van der Waals surface area contributed by atoms with E-state index < -0.39 is 9.84 Å². The van der Waals surface area contributed by atoms with Gasteiger partial charge in [-0.1, -0.05) is 12.1 Å². The fraction of sp³-hybridized carbons (Fsp3) is 0.647. The van der Waals surface area contributed by atoms with Crippen LogP contribution in [0.2, 0.25) is 0 Å². The summed E-state index contributed by atoms with van der Waals surface area (Å²) in [6.45, 7) is 4.73. The molecule has 128 valence electrons. The van der Waals surface area contributed by atoms with Crippen LogP contribution in [0.5, 0.6) is 0 Å². The van der Waals surface area contributed by atoms with Gasteiger partial charge in [0, 0.05) is 38.5 Å². The molecule has 3 atom stereocenters. The summed E-state index contributed by atoms with van der Waals surface area (Å²) in [5.74, 6) is 1.07. The highest BCUT2D eigenvalue weighted by molar-refractivity contribution is 7.90. The molecule has 0 saturated carbocycles. The van der Waals surface area contributed by atoms with Crippen molar-refractivity contribution in [3.8, 4) is 0 Å². The van der Waals surface area contributed by atoms with E-state index in [0.29, 0.717) is 22.8 Å². The molecule has 1 aromatic carbocycles. The van der Waals surface area contributed by atoms with E-state index in [-0.39, 0.29) is 0 Å². The van der Waals surface area contributed by atoms with E-state index in [0.717, 1.165) is 45.7 Å². The number of hydrogen-bond donors (Lipinski definition) is 2. The second kappa shape index (κ2) is 7.30. The Morgan fingerprint density at radius 2 is 2.04 bits per heavy atom. The smallest absolute Gasteiger partial charge is 0.175 e. The van der Waals surface area contributed by atoms with Gasteiger partial charge >= 0.3 is 0 Å². The Morgan fingerprint density at radius 1 is 1.26 bits per heavy atom. The third-order valence-electron chi connectivity index (χ3n) is 4.85. The summed E-state index contributed by atoms with van der Waals surface area (Å²) in [6.07, 6.45) is 3.49. The molecule has 0 aromatic heterocycles. The SMILES string of the molecule is CS(=O)(=O)c1ccc(C2CNCC(NCC3CCOC3)C2)cc1. The minimum absolute atomic E-state index is 0.390. The van der Waals surface area contributed by atoms with Crippen molar-refractivity contribution in [2.75, 3.05) is 39.1 Å². The van der Waals surface area contributed by atoms with Crippen LogP contribution in [0.15, 0.2) is 29.2 Å². The van der Waals surface area contributed by atoms with Gasteiger partial charge in [-0.3, -0.25) is 0 Å². The van der Waals surface area contributed by atoms with Crippen LogP contribution in [0, 0.1) is 5.92 Å². The average Bonchev–Trinajstić information content (AvgIpc) is 3.06. The van der Waals surface area contributed by atoms with Gasteiger partial charge in [0.25, 0.3) is 0 Å². The number of piperidine rings is 1. The molecule has 2 saturated heterocycles. The molecule has 0 bridgehead atoms. The molecule has 0 radical (unpaired) electrons. The summed E-state index contributed by atoms with van der Waals surface area (Å²) in [5.41, 5.74) is 1.21. The molecule has 3 unspecified atom stereocenters. The molecule has 0 spiro atoms. The van der Waals surface area contributed by atoms with Crippen molar-refractivity contribution in [3.63, 3.8) is 0 Å². The lowest BCUT2D eigenvalue weighted by Crippen LogP contribution is -2.47. The molecular weight excluding hydrogens is 312 g/mol. The third-order valence-corrected chi connectivity index (χ3v) is 5.98. The molecular formula is C17H26N2O3S. The minimum Gasteiger partial charge on any atom is -0.381 e. The maximum absolute atomic E-state index is 11.6. The highest BCUT2D eigenvalue weighted by atomic mass is 32.2. The van der Waals surface area contributed by atoms with Crippen LogP contribution >= 0.6 is 0 Å². The first kappa shape index (κ1) is 16.9. The van der Waals surface area contributed by atoms with Crippen molar-refractivity contribution in [2.24, 2.45) is 5.92 Å². The molecule has 2 heterocycles. The molecule has 2 aliphatic rings. The molecule has 23 heavy (non-hydrogen) atoms. The molecule has 6 heteroatoms. The number of ether oxygens (including phenoxy) is 1. The van der Waals surface area contributed by atoms with Crippen LogP contribution in [0.3, 0.4) is 0 Å². The van der Waals surface area contributed by atoms with Crippen LogP contribution in [0.25, 0.3) is 0 Å². The predicted octanol–water partition coefficient (Wildman–Crippen LogP) is 1.16. The standard InChI is InChI=1S/C17H26N2O3S/c1-23(20,21)17-4-2-14(3-5-17)15-8-16(11-18-10-15)19-9-13-6-7-22-12-13/h2-5,13,15-16,18-19H,6-12H2,1H3. The van der Waals surface area contributed by atoms with Crippen LogP contribution in [-0.2, 0) is 14.6 Å². The monoisotopic (exact) mass is 338 g/mol. The Morgan fingerprint density at radius 3 is 2.70 bits per heavy atom. The maximum atomic E-state index is 11.6. The Labute approximate surface area is 138 Å². The summed E-state index contributed by atoms with van der Waals surface area (Å²) in [6, 6.07) is 7.81. The lowest BCUT2D eigenvalue weighted by molar-refractivity contribution is 0.184. The summed E-state index contributed by atoms with van der Waals surface area (Å²) >= 11 is 0. The Kier molecular flexibility index (Phi) is 5.36. The normalized spacial score (nSPS) is 28.8. The van der Waals surface area contributed by atoms with Gasteiger partial charge in [0.1, 0.15) is 0 Å². The average molecular weight is 338 g/mol. The lowest BCUT2D eigenvalue weighted by atomic mass is 9.89. The van der Waals surface area contributed by atoms with Crippen LogP contribution in [-0.4, -0.2) is 53.6 Å². The molecule has 0 aliphatic carbocycles. The first-order valence-electron chi connectivity index (χ1n) is 8.34. The van der Waals surface area contributed by atoms with Crippen molar-refractivity contribution >= 4 is 9.84 Å². The van der Waals surface area contributed by atoms with Gasteiger partial charge < -0.3 is 15.4 Å². The van der Waals surface area contributed by atoms with Gasteiger partial charge in [-0.2, -0.15) is 0 Å². The number of hydrogen-bond acceptors (Lipinski definition) is 5. The van der Waals surface area contributed by atoms with E-state index in [1.165, 1.54) is 11.8 Å². The van der Waals surface area contributed by atoms with Gasteiger partial charge in [0.2, 0.25) is 0 Å². The van der Waals surface area contributed by atoms with Gasteiger partial charge in [0.15, 0.2) is 9.84 Å². The Hall–Kier alpha value is -0.950. The first-order chi connectivity index (χ1) is 11.0.